The Morgan fingerprint density at radius 3 is 2.28 bits per heavy atom. The van der Waals surface area contributed by atoms with Gasteiger partial charge in [0.1, 0.15) is 5.82 Å². The Labute approximate surface area is 150 Å². The second kappa shape index (κ2) is 6.69. The second-order valence-corrected chi connectivity index (χ2v) is 7.03. The topological polar surface area (TPSA) is 17.1 Å². The molecule has 0 saturated carbocycles. The van der Waals surface area contributed by atoms with E-state index in [0.29, 0.717) is 0 Å². The predicted octanol–water partition coefficient (Wildman–Crippen LogP) is 5.94. The van der Waals surface area contributed by atoms with E-state index in [1.54, 1.807) is 23.9 Å². The summed E-state index contributed by atoms with van der Waals surface area (Å²) in [6, 6.07) is 23.9. The molecule has 3 heteroatoms. The third kappa shape index (κ3) is 3.15. The molecule has 3 aromatic rings. The molecule has 1 aliphatic heterocycles. The molecular weight excluding hydrogens is 331 g/mol. The van der Waals surface area contributed by atoms with E-state index in [-0.39, 0.29) is 16.9 Å². The number of ketones is 1. The van der Waals surface area contributed by atoms with Crippen molar-refractivity contribution < 1.29 is 9.18 Å². The Morgan fingerprint density at radius 1 is 0.840 bits per heavy atom. The van der Waals surface area contributed by atoms with E-state index in [0.717, 1.165) is 27.2 Å². The number of thioether (sulfide) groups is 1. The van der Waals surface area contributed by atoms with E-state index < -0.39 is 0 Å². The molecule has 0 radical (unpaired) electrons. The molecule has 4 rings (SSSR count). The maximum Gasteiger partial charge on any atom is 0.191 e. The number of halogens is 1. The molecule has 3 aromatic carbocycles. The van der Waals surface area contributed by atoms with Crippen LogP contribution in [0.15, 0.2) is 89.3 Å². The van der Waals surface area contributed by atoms with E-state index in [1.165, 1.54) is 12.1 Å². The zero-order valence-electron chi connectivity index (χ0n) is 13.4. The quantitative estimate of drug-likeness (QED) is 0.534. The van der Waals surface area contributed by atoms with Crippen molar-refractivity contribution in [3.05, 3.63) is 107 Å². The molecule has 0 aromatic heterocycles. The molecule has 0 N–H and O–H groups in total. The molecule has 1 atom stereocenters. The van der Waals surface area contributed by atoms with Crippen LogP contribution in [0.25, 0.3) is 6.08 Å². The minimum atomic E-state index is -0.281. The van der Waals surface area contributed by atoms with Crippen LogP contribution >= 0.6 is 11.8 Å². The van der Waals surface area contributed by atoms with Crippen molar-refractivity contribution in [2.75, 3.05) is 0 Å². The van der Waals surface area contributed by atoms with Gasteiger partial charge in [0, 0.05) is 16.0 Å². The summed E-state index contributed by atoms with van der Waals surface area (Å²) in [6.07, 6.45) is 1.88. The van der Waals surface area contributed by atoms with Crippen LogP contribution in [0.3, 0.4) is 0 Å². The van der Waals surface area contributed by atoms with Crippen LogP contribution in [-0.4, -0.2) is 5.78 Å². The van der Waals surface area contributed by atoms with Crippen LogP contribution in [0.5, 0.6) is 0 Å². The predicted molar refractivity (Wildman–Crippen MR) is 100 cm³/mol. The smallest absolute Gasteiger partial charge is 0.191 e. The van der Waals surface area contributed by atoms with E-state index in [1.807, 2.05) is 60.7 Å². The lowest BCUT2D eigenvalue weighted by Gasteiger charge is -2.26. The van der Waals surface area contributed by atoms with Gasteiger partial charge in [-0.05, 0) is 41.5 Å². The number of benzene rings is 3. The minimum absolute atomic E-state index is 0.0347. The van der Waals surface area contributed by atoms with Crippen molar-refractivity contribution in [3.63, 3.8) is 0 Å². The molecule has 0 spiro atoms. The van der Waals surface area contributed by atoms with Gasteiger partial charge in [-0.15, -0.1) is 11.8 Å². The molecule has 122 valence electrons. The molecule has 25 heavy (non-hydrogen) atoms. The first-order chi connectivity index (χ1) is 12.2. The number of Topliss-reactive ketones (excluding diaryl/α,β-unsaturated/α-hetero) is 1. The zero-order chi connectivity index (χ0) is 17.2. The first-order valence-electron chi connectivity index (χ1n) is 8.05. The zero-order valence-corrected chi connectivity index (χ0v) is 14.2. The molecule has 1 heterocycles. The SMILES string of the molecule is O=C1/C(=C/c2ccc(F)cc2)C(c2ccccc2)Sc2ccccc21. The average molecular weight is 346 g/mol. The third-order valence-corrected chi connectivity index (χ3v) is 5.59. The lowest BCUT2D eigenvalue weighted by atomic mass is 9.94. The van der Waals surface area contributed by atoms with Gasteiger partial charge in [-0.25, -0.2) is 4.39 Å². The first kappa shape index (κ1) is 15.9. The molecule has 0 fully saturated rings. The normalized spacial score (nSPS) is 18.2. The summed E-state index contributed by atoms with van der Waals surface area (Å²) in [6.45, 7) is 0. The van der Waals surface area contributed by atoms with E-state index in [2.05, 4.69) is 0 Å². The maximum absolute atomic E-state index is 13.2. The van der Waals surface area contributed by atoms with Gasteiger partial charge in [-0.2, -0.15) is 0 Å². The summed E-state index contributed by atoms with van der Waals surface area (Å²) in [5.41, 5.74) is 3.36. The van der Waals surface area contributed by atoms with E-state index >= 15 is 0 Å². The number of hydrogen-bond acceptors (Lipinski definition) is 2. The monoisotopic (exact) mass is 346 g/mol. The van der Waals surface area contributed by atoms with Gasteiger partial charge >= 0.3 is 0 Å². The number of carbonyl (C=O) groups excluding carboxylic acids is 1. The van der Waals surface area contributed by atoms with Crippen LogP contribution < -0.4 is 0 Å². The third-order valence-electron chi connectivity index (χ3n) is 4.22. The second-order valence-electron chi connectivity index (χ2n) is 5.89. The van der Waals surface area contributed by atoms with Crippen LogP contribution in [0, 0.1) is 5.82 Å². The summed E-state index contributed by atoms with van der Waals surface area (Å²) in [7, 11) is 0. The molecule has 0 saturated heterocycles. The summed E-state index contributed by atoms with van der Waals surface area (Å²) in [5, 5.41) is -0.0753. The van der Waals surface area contributed by atoms with Gasteiger partial charge in [0.25, 0.3) is 0 Å². The number of rotatable bonds is 2. The van der Waals surface area contributed by atoms with Crippen molar-refractivity contribution in [3.8, 4) is 0 Å². The Hall–Kier alpha value is -2.65. The van der Waals surface area contributed by atoms with Crippen LogP contribution in [0.1, 0.15) is 26.7 Å². The lowest BCUT2D eigenvalue weighted by molar-refractivity contribution is 0.102. The van der Waals surface area contributed by atoms with Crippen LogP contribution in [-0.2, 0) is 0 Å². The Balaban J connectivity index is 1.85. The fourth-order valence-corrected chi connectivity index (χ4v) is 4.27. The van der Waals surface area contributed by atoms with Gasteiger partial charge in [0.15, 0.2) is 5.78 Å². The Morgan fingerprint density at radius 2 is 1.52 bits per heavy atom. The number of fused-ring (bicyclic) bond motifs is 1. The molecule has 0 amide bonds. The average Bonchev–Trinajstić information content (AvgIpc) is 2.66. The number of carbonyl (C=O) groups is 1. The minimum Gasteiger partial charge on any atom is -0.289 e. The van der Waals surface area contributed by atoms with Gasteiger partial charge in [0.05, 0.1) is 5.25 Å². The fraction of sp³-hybridized carbons (Fsp3) is 0.0455. The highest BCUT2D eigenvalue weighted by atomic mass is 32.2. The van der Waals surface area contributed by atoms with Gasteiger partial charge < -0.3 is 0 Å². The van der Waals surface area contributed by atoms with E-state index in [9.17, 15) is 9.18 Å². The first-order valence-corrected chi connectivity index (χ1v) is 8.93. The van der Waals surface area contributed by atoms with E-state index in [4.69, 9.17) is 0 Å². The van der Waals surface area contributed by atoms with Crippen molar-refractivity contribution in [2.24, 2.45) is 0 Å². The molecule has 0 bridgehead atoms. The largest absolute Gasteiger partial charge is 0.289 e. The van der Waals surface area contributed by atoms with Gasteiger partial charge in [0.2, 0.25) is 0 Å². The van der Waals surface area contributed by atoms with Crippen molar-refractivity contribution in [1.29, 1.82) is 0 Å². The van der Waals surface area contributed by atoms with Crippen molar-refractivity contribution >= 4 is 23.6 Å². The Bertz CT molecular complexity index is 945. The van der Waals surface area contributed by atoms with Crippen LogP contribution in [0.2, 0.25) is 0 Å². The summed E-state index contributed by atoms with van der Waals surface area (Å²) < 4.78 is 13.2. The Kier molecular flexibility index (Phi) is 4.24. The molecule has 1 unspecified atom stereocenters. The lowest BCUT2D eigenvalue weighted by Crippen LogP contribution is -2.16. The summed E-state index contributed by atoms with van der Waals surface area (Å²) in [5.74, 6) is -0.246. The van der Waals surface area contributed by atoms with Crippen molar-refractivity contribution in [1.82, 2.24) is 0 Å². The highest BCUT2D eigenvalue weighted by Gasteiger charge is 2.31. The summed E-state index contributed by atoms with van der Waals surface area (Å²) >= 11 is 1.68. The van der Waals surface area contributed by atoms with Crippen LogP contribution in [0.4, 0.5) is 4.39 Å². The highest BCUT2D eigenvalue weighted by Crippen LogP contribution is 2.48. The molecular formula is C22H15FOS. The fourth-order valence-electron chi connectivity index (χ4n) is 2.98. The molecule has 1 nitrogen and oxygen atoms in total. The maximum atomic E-state index is 13.2. The number of hydrogen-bond donors (Lipinski definition) is 0. The van der Waals surface area contributed by atoms with Gasteiger partial charge in [-0.3, -0.25) is 4.79 Å². The van der Waals surface area contributed by atoms with Crippen molar-refractivity contribution in [2.45, 2.75) is 10.1 Å². The standard InChI is InChI=1S/C22H15FOS/c23-17-12-10-15(11-13-17)14-19-21(24)18-8-4-5-9-20(18)25-22(19)16-6-2-1-3-7-16/h1-14,22H/b19-14-. The summed E-state index contributed by atoms with van der Waals surface area (Å²) in [4.78, 5) is 14.1. The molecule has 1 aliphatic rings. The van der Waals surface area contributed by atoms with Gasteiger partial charge in [-0.1, -0.05) is 54.6 Å². The molecule has 0 aliphatic carbocycles. The highest BCUT2D eigenvalue weighted by molar-refractivity contribution is 8.00.